The van der Waals surface area contributed by atoms with E-state index in [4.69, 9.17) is 0 Å². The van der Waals surface area contributed by atoms with Crippen LogP contribution in [0.1, 0.15) is 97.9 Å². The predicted octanol–water partition coefficient (Wildman–Crippen LogP) is 1.47. The van der Waals surface area contributed by atoms with Gasteiger partial charge in [0.05, 0.1) is 11.6 Å². The van der Waals surface area contributed by atoms with Crippen LogP contribution in [-0.4, -0.2) is 72.8 Å². The first-order chi connectivity index (χ1) is 20.9. The lowest BCUT2D eigenvalue weighted by Crippen LogP contribution is -2.58. The van der Waals surface area contributed by atoms with Gasteiger partial charge in [-0.3, -0.25) is 24.0 Å². The molecule has 0 aliphatic heterocycles. The molecule has 0 radical (unpaired) electrons. The first-order valence-corrected chi connectivity index (χ1v) is 16.1. The van der Waals surface area contributed by atoms with Gasteiger partial charge < -0.3 is 31.9 Å². The minimum absolute atomic E-state index is 0.162. The molecule has 1 aromatic heterocycles. The van der Waals surface area contributed by atoms with Crippen molar-refractivity contribution in [2.24, 2.45) is 11.8 Å². The number of nitrogens with one attached hydrogen (secondary N) is 7. The van der Waals surface area contributed by atoms with Crippen molar-refractivity contribution in [2.75, 3.05) is 13.1 Å². The average Bonchev–Trinajstić information content (AvgIpc) is 3.00. The van der Waals surface area contributed by atoms with Crippen LogP contribution in [0.2, 0.25) is 0 Å². The molecule has 12 heteroatoms. The highest BCUT2D eigenvalue weighted by atomic mass is 16.2. The molecule has 44 heavy (non-hydrogen) atoms. The molecule has 1 aromatic rings. The second kappa shape index (κ2) is 20.4. The maximum absolute atomic E-state index is 13.5. The molecule has 1 rings (SSSR count). The molecule has 0 saturated heterocycles. The van der Waals surface area contributed by atoms with Crippen LogP contribution >= 0.6 is 0 Å². The van der Waals surface area contributed by atoms with Crippen molar-refractivity contribution in [2.45, 2.75) is 118 Å². The maximum atomic E-state index is 13.5. The van der Waals surface area contributed by atoms with Crippen LogP contribution in [0.5, 0.6) is 0 Å². The summed E-state index contributed by atoms with van der Waals surface area (Å²) in [5, 5.41) is 17.5. The van der Waals surface area contributed by atoms with Gasteiger partial charge >= 0.3 is 0 Å². The number of pyridine rings is 1. The number of carbonyl (C=O) groups is 5. The van der Waals surface area contributed by atoms with Crippen LogP contribution in [0.3, 0.4) is 0 Å². The summed E-state index contributed by atoms with van der Waals surface area (Å²) in [5.74, 6) is -1.53. The van der Waals surface area contributed by atoms with Gasteiger partial charge in [-0.25, -0.2) is 4.98 Å². The molecule has 3 unspecified atom stereocenters. The zero-order chi connectivity index (χ0) is 33.2. The summed E-state index contributed by atoms with van der Waals surface area (Å²) in [4.78, 5) is 67.7. The predicted molar refractivity (Wildman–Crippen MR) is 170 cm³/mol. The third kappa shape index (κ3) is 13.4. The van der Waals surface area contributed by atoms with Crippen molar-refractivity contribution in [1.29, 1.82) is 0 Å². The van der Waals surface area contributed by atoms with E-state index in [0.717, 1.165) is 0 Å². The van der Waals surface area contributed by atoms with Gasteiger partial charge in [0.25, 0.3) is 5.91 Å². The van der Waals surface area contributed by atoms with E-state index in [1.54, 1.807) is 31.5 Å². The van der Waals surface area contributed by atoms with E-state index >= 15 is 0 Å². The fourth-order valence-electron chi connectivity index (χ4n) is 4.71. The average molecular weight is 619 g/mol. The summed E-state index contributed by atoms with van der Waals surface area (Å²) < 4.78 is 0. The second-order valence-corrected chi connectivity index (χ2v) is 11.8. The minimum atomic E-state index is -0.817. The van der Waals surface area contributed by atoms with Crippen molar-refractivity contribution in [1.82, 2.24) is 31.9 Å². The Morgan fingerprint density at radius 2 is 1.39 bits per heavy atom. The largest absolute Gasteiger partial charge is 0.355 e. The highest BCUT2D eigenvalue weighted by molar-refractivity contribution is 5.98. The van der Waals surface area contributed by atoms with Crippen molar-refractivity contribution in [3.63, 3.8) is 0 Å². The standard InChI is InChI=1S/C32H55N7O5/c1-9-13-26(38-32(44)27(21(7)10-2)39-29(41)23-14-16-33-17-15-23)31(43)36-24(18-20(5)6)19-35-22(8)28(40)37-25(11-3)30(42)34-12-4/h14-17,20-22,24-27,35H,9-13,18-19H2,1-8H3,(H,34,42)(H,36,43)(H,37,40)(H,38,44)(H,39,41)/p+1/t21-,22-,24?,25?,26-,27?/m0/s1. The number of hydrogen-bond donors (Lipinski definition) is 6. The van der Waals surface area contributed by atoms with Crippen LogP contribution in [0, 0.1) is 11.8 Å². The molecule has 0 aromatic carbocycles. The Hall–Kier alpha value is -3.54. The molecule has 0 aliphatic rings. The molecule has 5 amide bonds. The van der Waals surface area contributed by atoms with E-state index in [-0.39, 0.29) is 41.5 Å². The zero-order valence-electron chi connectivity index (χ0n) is 27.8. The maximum Gasteiger partial charge on any atom is 0.252 e. The number of H-pyrrole nitrogens is 1. The normalized spacial score (nSPS) is 15.2. The number of aromatic nitrogens is 1. The first kappa shape index (κ1) is 38.5. The van der Waals surface area contributed by atoms with Gasteiger partial charge in [0.2, 0.25) is 23.6 Å². The number of likely N-dealkylation sites (N-methyl/N-ethyl adjacent to an activating group) is 1. The highest BCUT2D eigenvalue weighted by Crippen LogP contribution is 2.11. The topological polar surface area (TPSA) is 172 Å². The molecule has 1 heterocycles. The lowest BCUT2D eigenvalue weighted by atomic mass is 9.97. The summed E-state index contributed by atoms with van der Waals surface area (Å²) in [7, 11) is 0. The Balaban J connectivity index is 2.93. The molecule has 0 spiro atoms. The van der Waals surface area contributed by atoms with Crippen LogP contribution in [0.15, 0.2) is 24.5 Å². The van der Waals surface area contributed by atoms with E-state index in [1.165, 1.54) is 0 Å². The monoisotopic (exact) mass is 618 g/mol. The van der Waals surface area contributed by atoms with E-state index in [9.17, 15) is 24.0 Å². The van der Waals surface area contributed by atoms with Crippen molar-refractivity contribution in [3.05, 3.63) is 30.1 Å². The summed E-state index contributed by atoms with van der Waals surface area (Å²) in [6.45, 7) is 16.0. The Bertz CT molecular complexity index is 1050. The fraction of sp³-hybridized carbons (Fsp3) is 0.688. The van der Waals surface area contributed by atoms with Crippen LogP contribution < -0.4 is 36.9 Å². The van der Waals surface area contributed by atoms with Gasteiger partial charge in [0, 0.05) is 31.3 Å². The van der Waals surface area contributed by atoms with Crippen molar-refractivity contribution >= 4 is 29.5 Å². The molecule has 6 atom stereocenters. The molecule has 7 N–H and O–H groups in total. The summed E-state index contributed by atoms with van der Waals surface area (Å²) in [6.07, 6.45) is 6.13. The number of aromatic amines is 1. The lowest BCUT2D eigenvalue weighted by Gasteiger charge is -2.28. The molecular formula is C32H56N7O5+. The van der Waals surface area contributed by atoms with E-state index < -0.39 is 30.1 Å². The number of rotatable bonds is 20. The third-order valence-electron chi connectivity index (χ3n) is 7.53. The fourth-order valence-corrected chi connectivity index (χ4v) is 4.71. The zero-order valence-corrected chi connectivity index (χ0v) is 27.8. The SMILES string of the molecule is CCC[C@H](NC(=O)C(NC(=O)c1cc[nH+]cc1)[C@@H](C)CC)C(=O)NC(CN[C@@H](C)C(=O)NC(CC)C(=O)NCC)CC(C)C. The summed E-state index contributed by atoms with van der Waals surface area (Å²) in [5.41, 5.74) is 0.425. The third-order valence-corrected chi connectivity index (χ3v) is 7.53. The minimum Gasteiger partial charge on any atom is -0.355 e. The molecule has 248 valence electrons. The Morgan fingerprint density at radius 1 is 0.750 bits per heavy atom. The molecule has 0 bridgehead atoms. The lowest BCUT2D eigenvalue weighted by molar-refractivity contribution is -0.378. The number of carbonyl (C=O) groups excluding carboxylic acids is 5. The quantitative estimate of drug-likeness (QED) is 0.129. The van der Waals surface area contributed by atoms with Gasteiger partial charge in [0.15, 0.2) is 12.4 Å². The molecule has 0 saturated carbocycles. The smallest absolute Gasteiger partial charge is 0.252 e. The Kier molecular flexibility index (Phi) is 17.9. The van der Waals surface area contributed by atoms with Crippen LogP contribution in [0.4, 0.5) is 0 Å². The van der Waals surface area contributed by atoms with Gasteiger partial charge in [-0.05, 0) is 44.9 Å². The Labute approximate surface area is 263 Å². The van der Waals surface area contributed by atoms with E-state index in [0.29, 0.717) is 50.8 Å². The molecule has 0 fully saturated rings. The van der Waals surface area contributed by atoms with Gasteiger partial charge in [-0.1, -0.05) is 54.4 Å². The van der Waals surface area contributed by atoms with E-state index in [1.807, 2.05) is 48.5 Å². The van der Waals surface area contributed by atoms with Gasteiger partial charge in [-0.15, -0.1) is 0 Å². The molecule has 0 aliphatic carbocycles. The second-order valence-electron chi connectivity index (χ2n) is 11.8. The van der Waals surface area contributed by atoms with Gasteiger partial charge in [-0.2, -0.15) is 0 Å². The van der Waals surface area contributed by atoms with Crippen molar-refractivity contribution in [3.8, 4) is 0 Å². The van der Waals surface area contributed by atoms with Crippen molar-refractivity contribution < 1.29 is 29.0 Å². The first-order valence-electron chi connectivity index (χ1n) is 16.1. The highest BCUT2D eigenvalue weighted by Gasteiger charge is 2.31. The summed E-state index contributed by atoms with van der Waals surface area (Å²) in [6, 6.07) is 0.132. The number of hydrogen-bond acceptors (Lipinski definition) is 6. The number of amides is 5. The van der Waals surface area contributed by atoms with E-state index in [2.05, 4.69) is 36.9 Å². The van der Waals surface area contributed by atoms with Crippen LogP contribution in [0.25, 0.3) is 0 Å². The van der Waals surface area contributed by atoms with Gasteiger partial charge in [0.1, 0.15) is 18.1 Å². The van der Waals surface area contributed by atoms with Crippen LogP contribution in [-0.2, 0) is 19.2 Å². The summed E-state index contributed by atoms with van der Waals surface area (Å²) >= 11 is 0. The molecular weight excluding hydrogens is 562 g/mol. The molecule has 12 nitrogen and oxygen atoms in total. The Morgan fingerprint density at radius 3 is 1.93 bits per heavy atom.